The summed E-state index contributed by atoms with van der Waals surface area (Å²) in [6.07, 6.45) is 6.83. The Kier molecular flexibility index (Phi) is 11.7. The highest BCUT2D eigenvalue weighted by Crippen LogP contribution is 2.33. The summed E-state index contributed by atoms with van der Waals surface area (Å²) in [5.41, 5.74) is 0.812. The van der Waals surface area contributed by atoms with E-state index in [0.717, 1.165) is 41.3 Å². The number of hydrogen-bond donors (Lipinski definition) is 1. The van der Waals surface area contributed by atoms with Gasteiger partial charge in [0.05, 0.1) is 17.2 Å². The molecule has 1 fully saturated rings. The fourth-order valence-corrected chi connectivity index (χ4v) is 7.10. The second-order valence-corrected chi connectivity index (χ2v) is 13.5. The average molecular weight is 642 g/mol. The molecule has 0 saturated heterocycles. The summed E-state index contributed by atoms with van der Waals surface area (Å²) in [4.78, 5) is 29.9. The van der Waals surface area contributed by atoms with Crippen LogP contribution in [0.25, 0.3) is 0 Å². The van der Waals surface area contributed by atoms with Gasteiger partial charge in [0.1, 0.15) is 24.2 Å². The predicted octanol–water partition coefficient (Wildman–Crippen LogP) is 6.01. The second-order valence-electron chi connectivity index (χ2n) is 10.8. The lowest BCUT2D eigenvalue weighted by molar-refractivity contribution is -0.139. The summed E-state index contributed by atoms with van der Waals surface area (Å²) in [7, 11) is -4.25. The number of nitrogens with one attached hydrogen (secondary N) is 1. The van der Waals surface area contributed by atoms with Crippen LogP contribution in [0.4, 0.5) is 10.1 Å². The zero-order valence-corrected chi connectivity index (χ0v) is 27.0. The molecule has 0 spiro atoms. The van der Waals surface area contributed by atoms with Gasteiger partial charge >= 0.3 is 0 Å². The molecule has 3 aromatic rings. The monoisotopic (exact) mass is 641 g/mol. The molecule has 0 aliphatic heterocycles. The fraction of sp³-hybridized carbons (Fsp3) is 0.394. The Bertz CT molecular complexity index is 1510. The summed E-state index contributed by atoms with van der Waals surface area (Å²) in [5, 5.41) is 3.08. The van der Waals surface area contributed by atoms with Gasteiger partial charge in [-0.1, -0.05) is 43.5 Å². The maximum absolute atomic E-state index is 14.2. The number of rotatable bonds is 13. The number of hydrogen-bond acceptors (Lipinski definition) is 6. The Labute approximate surface area is 264 Å². The Morgan fingerprint density at radius 2 is 1.66 bits per heavy atom. The molecule has 11 heteroatoms. The molecular weight excluding hydrogens is 602 g/mol. The van der Waals surface area contributed by atoms with Gasteiger partial charge < -0.3 is 15.0 Å². The Morgan fingerprint density at radius 1 is 1.00 bits per heavy atom. The van der Waals surface area contributed by atoms with Crippen molar-refractivity contribution in [3.63, 3.8) is 0 Å². The van der Waals surface area contributed by atoms with Gasteiger partial charge in [0, 0.05) is 17.5 Å². The molecule has 1 saturated carbocycles. The van der Waals surface area contributed by atoms with Crippen molar-refractivity contribution in [1.29, 1.82) is 0 Å². The SMILES string of the molecule is CCOc1ccccc1N(CC(=O)N(Cc1ccc(F)cc1)[C@H](C)C(=O)NC1CCCCC1)S(=O)(=O)c1ccc(SC)cc1. The number of thioether (sulfide) groups is 1. The van der Waals surface area contributed by atoms with Gasteiger partial charge in [0.25, 0.3) is 10.0 Å². The minimum Gasteiger partial charge on any atom is -0.492 e. The largest absolute Gasteiger partial charge is 0.492 e. The van der Waals surface area contributed by atoms with E-state index in [2.05, 4.69) is 5.32 Å². The lowest BCUT2D eigenvalue weighted by Gasteiger charge is -2.33. The van der Waals surface area contributed by atoms with Crippen LogP contribution >= 0.6 is 11.8 Å². The number of anilines is 1. The number of carbonyl (C=O) groups excluding carboxylic acids is 2. The van der Waals surface area contributed by atoms with Gasteiger partial charge in [-0.05, 0) is 87.0 Å². The second kappa shape index (κ2) is 15.4. The molecule has 2 amide bonds. The molecule has 8 nitrogen and oxygen atoms in total. The quantitative estimate of drug-likeness (QED) is 0.230. The Hall–Kier alpha value is -3.57. The number of para-hydroxylation sites is 2. The molecule has 1 aliphatic rings. The van der Waals surface area contributed by atoms with Crippen molar-refractivity contribution in [1.82, 2.24) is 10.2 Å². The van der Waals surface area contributed by atoms with Gasteiger partial charge in [0.15, 0.2) is 0 Å². The summed E-state index contributed by atoms with van der Waals surface area (Å²) in [6.45, 7) is 3.11. The zero-order valence-electron chi connectivity index (χ0n) is 25.4. The summed E-state index contributed by atoms with van der Waals surface area (Å²) < 4.78 is 48.9. The zero-order chi connectivity index (χ0) is 31.7. The van der Waals surface area contributed by atoms with Crippen LogP contribution in [-0.4, -0.2) is 56.6 Å². The lowest BCUT2D eigenvalue weighted by Crippen LogP contribution is -2.53. The number of carbonyl (C=O) groups is 2. The van der Waals surface area contributed by atoms with Gasteiger partial charge in [-0.3, -0.25) is 13.9 Å². The number of benzene rings is 3. The minimum absolute atomic E-state index is 0.0121. The molecule has 0 unspecified atom stereocenters. The maximum atomic E-state index is 14.2. The van der Waals surface area contributed by atoms with Gasteiger partial charge in [-0.15, -0.1) is 11.8 Å². The molecular formula is C33H40FN3O5S2. The molecule has 1 atom stereocenters. The first-order chi connectivity index (χ1) is 21.1. The third-order valence-electron chi connectivity index (χ3n) is 7.75. The van der Waals surface area contributed by atoms with Crippen LogP contribution in [0, 0.1) is 5.82 Å². The predicted molar refractivity (Wildman–Crippen MR) is 172 cm³/mol. The van der Waals surface area contributed by atoms with E-state index < -0.39 is 34.3 Å². The topological polar surface area (TPSA) is 96.0 Å². The smallest absolute Gasteiger partial charge is 0.264 e. The first-order valence-corrected chi connectivity index (χ1v) is 17.5. The van der Waals surface area contributed by atoms with Crippen LogP contribution < -0.4 is 14.4 Å². The molecule has 0 heterocycles. The summed E-state index contributed by atoms with van der Waals surface area (Å²) >= 11 is 1.49. The van der Waals surface area contributed by atoms with E-state index in [1.165, 1.54) is 40.9 Å². The molecule has 0 aromatic heterocycles. The molecule has 236 valence electrons. The standard InChI is InChI=1S/C33H40FN3O5S2/c1-4-42-31-13-9-8-12-30(31)37(44(40,41)29-20-18-28(43-3)19-21-29)23-32(38)36(22-25-14-16-26(34)17-15-25)24(2)33(39)35-27-10-6-5-7-11-27/h8-9,12-21,24,27H,4-7,10-11,22-23H2,1-3H3,(H,35,39)/t24-/m1/s1. The first-order valence-electron chi connectivity index (χ1n) is 14.9. The van der Waals surface area contributed by atoms with Gasteiger partial charge in [0.2, 0.25) is 11.8 Å². The molecule has 0 bridgehead atoms. The van der Waals surface area contributed by atoms with E-state index in [1.54, 1.807) is 62.4 Å². The van der Waals surface area contributed by atoms with E-state index in [-0.39, 0.29) is 35.7 Å². The van der Waals surface area contributed by atoms with Crippen molar-refractivity contribution in [2.75, 3.05) is 23.7 Å². The molecule has 44 heavy (non-hydrogen) atoms. The molecule has 3 aromatic carbocycles. The Morgan fingerprint density at radius 3 is 2.30 bits per heavy atom. The van der Waals surface area contributed by atoms with Crippen LogP contribution in [0.15, 0.2) is 82.6 Å². The third kappa shape index (κ3) is 8.32. The lowest BCUT2D eigenvalue weighted by atomic mass is 9.95. The number of sulfonamides is 1. The van der Waals surface area contributed by atoms with Crippen LogP contribution in [0.2, 0.25) is 0 Å². The fourth-order valence-electron chi connectivity index (χ4n) is 5.27. The summed E-state index contributed by atoms with van der Waals surface area (Å²) in [5.74, 6) is -1.02. The van der Waals surface area contributed by atoms with Crippen molar-refractivity contribution < 1.29 is 27.1 Å². The highest BCUT2D eigenvalue weighted by Gasteiger charge is 2.34. The summed E-state index contributed by atoms with van der Waals surface area (Å²) in [6, 6.07) is 17.9. The van der Waals surface area contributed by atoms with Gasteiger partial charge in [-0.2, -0.15) is 0 Å². The highest BCUT2D eigenvalue weighted by atomic mass is 32.2. The van der Waals surface area contributed by atoms with E-state index in [1.807, 2.05) is 6.26 Å². The number of ether oxygens (including phenoxy) is 1. The van der Waals surface area contributed by atoms with E-state index >= 15 is 0 Å². The highest BCUT2D eigenvalue weighted by molar-refractivity contribution is 7.98. The van der Waals surface area contributed by atoms with E-state index in [4.69, 9.17) is 4.74 Å². The maximum Gasteiger partial charge on any atom is 0.264 e. The molecule has 1 aliphatic carbocycles. The van der Waals surface area contributed by atoms with Crippen molar-refractivity contribution in [3.05, 3.63) is 84.2 Å². The van der Waals surface area contributed by atoms with E-state index in [9.17, 15) is 22.4 Å². The van der Waals surface area contributed by atoms with Crippen LogP contribution in [0.3, 0.4) is 0 Å². The minimum atomic E-state index is -4.25. The number of halogens is 1. The average Bonchev–Trinajstić information content (AvgIpc) is 3.04. The Balaban J connectivity index is 1.71. The van der Waals surface area contributed by atoms with Crippen molar-refractivity contribution in [2.24, 2.45) is 0 Å². The molecule has 0 radical (unpaired) electrons. The van der Waals surface area contributed by atoms with Crippen molar-refractivity contribution in [3.8, 4) is 5.75 Å². The first kappa shape index (κ1) is 33.3. The molecule has 4 rings (SSSR count). The van der Waals surface area contributed by atoms with Crippen molar-refractivity contribution in [2.45, 2.75) is 74.4 Å². The van der Waals surface area contributed by atoms with Crippen LogP contribution in [0.5, 0.6) is 5.75 Å². The number of nitrogens with zero attached hydrogens (tertiary/aromatic N) is 2. The van der Waals surface area contributed by atoms with Crippen molar-refractivity contribution >= 4 is 39.3 Å². The normalized spacial score (nSPS) is 14.5. The van der Waals surface area contributed by atoms with Crippen LogP contribution in [-0.2, 0) is 26.2 Å². The van der Waals surface area contributed by atoms with Gasteiger partial charge in [-0.25, -0.2) is 12.8 Å². The van der Waals surface area contributed by atoms with E-state index in [0.29, 0.717) is 11.3 Å². The van der Waals surface area contributed by atoms with Crippen LogP contribution in [0.1, 0.15) is 51.5 Å². The third-order valence-corrected chi connectivity index (χ3v) is 10.3. The molecule has 1 N–H and O–H groups in total. The number of amides is 2.